The number of carbonyl (C=O) groups excluding carboxylic acids is 2. The average molecular weight is 639 g/mol. The fraction of sp³-hybridized carbons (Fsp3) is 0.333. The topological polar surface area (TPSA) is 86.8 Å². The van der Waals surface area contributed by atoms with Gasteiger partial charge in [-0.1, -0.05) is 91.1 Å². The number of halogens is 3. The van der Waals surface area contributed by atoms with E-state index in [4.69, 9.17) is 34.8 Å². The largest absolute Gasteiger partial charge is 0.354 e. The molecule has 0 radical (unpaired) electrons. The maximum absolute atomic E-state index is 14.2. The summed E-state index contributed by atoms with van der Waals surface area (Å²) in [5, 5.41) is 4.05. The first kappa shape index (κ1) is 32.7. The molecule has 3 aromatic rings. The van der Waals surface area contributed by atoms with Crippen molar-refractivity contribution in [2.75, 3.05) is 23.7 Å². The zero-order valence-corrected chi connectivity index (χ0v) is 26.5. The monoisotopic (exact) mass is 637 g/mol. The second-order valence-electron chi connectivity index (χ2n) is 10.3. The number of sulfonamides is 1. The first-order valence-corrected chi connectivity index (χ1v) is 16.0. The second-order valence-corrected chi connectivity index (χ2v) is 13.4. The van der Waals surface area contributed by atoms with Crippen molar-refractivity contribution in [1.82, 2.24) is 10.2 Å². The molecule has 7 nitrogen and oxygen atoms in total. The summed E-state index contributed by atoms with van der Waals surface area (Å²) in [6.45, 7) is 5.44. The van der Waals surface area contributed by atoms with E-state index >= 15 is 0 Å². The van der Waals surface area contributed by atoms with Crippen LogP contribution >= 0.6 is 34.8 Å². The van der Waals surface area contributed by atoms with Gasteiger partial charge in [0.05, 0.1) is 11.9 Å². The summed E-state index contributed by atoms with van der Waals surface area (Å²) < 4.78 is 27.0. The molecule has 2 amide bonds. The molecule has 0 aliphatic rings. The van der Waals surface area contributed by atoms with E-state index in [0.29, 0.717) is 32.7 Å². The highest BCUT2D eigenvalue weighted by atomic mass is 35.5. The molecule has 0 aliphatic carbocycles. The van der Waals surface area contributed by atoms with Gasteiger partial charge >= 0.3 is 0 Å². The minimum Gasteiger partial charge on any atom is -0.354 e. The molecule has 41 heavy (non-hydrogen) atoms. The molecular weight excluding hydrogens is 605 g/mol. The van der Waals surface area contributed by atoms with Crippen molar-refractivity contribution in [1.29, 1.82) is 0 Å². The third-order valence-electron chi connectivity index (χ3n) is 6.50. The van der Waals surface area contributed by atoms with Gasteiger partial charge in [-0.3, -0.25) is 13.9 Å². The van der Waals surface area contributed by atoms with Crippen molar-refractivity contribution in [3.8, 4) is 0 Å². The standard InChI is InChI=1S/C30H34Cl3N3O4S/c1-20(2)17-34-30(38)28(15-22-9-6-5-7-10-22)35(18-23-13-14-24(31)16-26(23)33)29(37)19-36(41(4,39)40)27-12-8-11-25(32)21(27)3/h5-14,16,20,28H,15,17-19H2,1-4H3,(H,34,38)/t28-/m0/s1. The Hall–Kier alpha value is -2.78. The number of nitrogens with one attached hydrogen (secondary N) is 1. The van der Waals surface area contributed by atoms with Crippen LogP contribution in [0.4, 0.5) is 5.69 Å². The zero-order chi connectivity index (χ0) is 30.3. The van der Waals surface area contributed by atoms with E-state index in [-0.39, 0.29) is 30.5 Å². The van der Waals surface area contributed by atoms with Gasteiger partial charge in [0.1, 0.15) is 12.6 Å². The smallest absolute Gasteiger partial charge is 0.244 e. The molecule has 0 spiro atoms. The quantitative estimate of drug-likeness (QED) is 0.259. The molecule has 1 atom stereocenters. The van der Waals surface area contributed by atoms with Crippen molar-refractivity contribution < 1.29 is 18.0 Å². The molecule has 0 fully saturated rings. The molecule has 0 aliphatic heterocycles. The van der Waals surface area contributed by atoms with Crippen LogP contribution in [0.2, 0.25) is 15.1 Å². The molecule has 11 heteroatoms. The number of carbonyl (C=O) groups is 2. The number of hydrogen-bond donors (Lipinski definition) is 1. The van der Waals surface area contributed by atoms with Gasteiger partial charge in [-0.05, 0) is 53.8 Å². The van der Waals surface area contributed by atoms with Crippen molar-refractivity contribution in [3.05, 3.63) is 98.5 Å². The number of rotatable bonds is 12. The molecule has 0 unspecified atom stereocenters. The van der Waals surface area contributed by atoms with E-state index in [2.05, 4.69) is 5.32 Å². The molecule has 3 rings (SSSR count). The molecule has 0 aromatic heterocycles. The Kier molecular flexibility index (Phi) is 11.5. The van der Waals surface area contributed by atoms with Crippen LogP contribution in [0.25, 0.3) is 0 Å². The Balaban J connectivity index is 2.10. The molecule has 3 aromatic carbocycles. The molecule has 0 heterocycles. The van der Waals surface area contributed by atoms with Gasteiger partial charge < -0.3 is 10.2 Å². The Labute approximate surface area is 257 Å². The summed E-state index contributed by atoms with van der Waals surface area (Å²) in [5.74, 6) is -0.759. The van der Waals surface area contributed by atoms with Crippen LogP contribution in [0, 0.1) is 12.8 Å². The van der Waals surface area contributed by atoms with E-state index in [1.165, 1.54) is 4.90 Å². The predicted octanol–water partition coefficient (Wildman–Crippen LogP) is 6.13. The van der Waals surface area contributed by atoms with Gasteiger partial charge in [0.25, 0.3) is 0 Å². The summed E-state index contributed by atoms with van der Waals surface area (Å²) in [5.41, 5.74) is 2.18. The summed E-state index contributed by atoms with van der Waals surface area (Å²) >= 11 is 18.9. The van der Waals surface area contributed by atoms with E-state index in [1.807, 2.05) is 44.2 Å². The Bertz CT molecular complexity index is 1480. The van der Waals surface area contributed by atoms with Crippen LogP contribution in [0.5, 0.6) is 0 Å². The maximum Gasteiger partial charge on any atom is 0.244 e. The number of amides is 2. The van der Waals surface area contributed by atoms with Crippen LogP contribution in [-0.4, -0.2) is 50.5 Å². The van der Waals surface area contributed by atoms with Gasteiger partial charge in [-0.25, -0.2) is 8.42 Å². The Morgan fingerprint density at radius 3 is 2.22 bits per heavy atom. The van der Waals surface area contributed by atoms with Crippen molar-refractivity contribution in [2.24, 2.45) is 5.92 Å². The van der Waals surface area contributed by atoms with Gasteiger partial charge in [0, 0.05) is 34.6 Å². The molecule has 1 N–H and O–H groups in total. The minimum absolute atomic E-state index is 0.0481. The summed E-state index contributed by atoms with van der Waals surface area (Å²) in [6.07, 6.45) is 1.23. The fourth-order valence-corrected chi connectivity index (χ4v) is 5.81. The lowest BCUT2D eigenvalue weighted by molar-refractivity contribution is -0.140. The normalized spacial score (nSPS) is 12.2. The lowest BCUT2D eigenvalue weighted by Crippen LogP contribution is -2.53. The highest BCUT2D eigenvalue weighted by molar-refractivity contribution is 7.92. The first-order chi connectivity index (χ1) is 19.3. The van der Waals surface area contributed by atoms with Crippen LogP contribution in [0.1, 0.15) is 30.5 Å². The lowest BCUT2D eigenvalue weighted by atomic mass is 10.0. The molecule has 0 bridgehead atoms. The predicted molar refractivity (Wildman–Crippen MR) is 167 cm³/mol. The summed E-state index contributed by atoms with van der Waals surface area (Å²) in [4.78, 5) is 29.2. The number of hydrogen-bond acceptors (Lipinski definition) is 4. The van der Waals surface area contributed by atoms with Crippen LogP contribution in [0.3, 0.4) is 0 Å². The SMILES string of the molecule is Cc1c(Cl)cccc1N(CC(=O)N(Cc1ccc(Cl)cc1Cl)[C@@H](Cc1ccccc1)C(=O)NCC(C)C)S(C)(=O)=O. The van der Waals surface area contributed by atoms with Gasteiger partial charge in [0.2, 0.25) is 21.8 Å². The number of benzene rings is 3. The average Bonchev–Trinajstić information content (AvgIpc) is 2.90. The van der Waals surface area contributed by atoms with Crippen LogP contribution in [0.15, 0.2) is 66.7 Å². The van der Waals surface area contributed by atoms with Crippen molar-refractivity contribution in [2.45, 2.75) is 39.8 Å². The van der Waals surface area contributed by atoms with Crippen molar-refractivity contribution in [3.63, 3.8) is 0 Å². The molecule has 0 saturated heterocycles. The third-order valence-corrected chi connectivity index (χ3v) is 8.62. The zero-order valence-electron chi connectivity index (χ0n) is 23.4. The minimum atomic E-state index is -3.92. The molecule has 220 valence electrons. The van der Waals surface area contributed by atoms with Crippen LogP contribution < -0.4 is 9.62 Å². The fourth-order valence-electron chi connectivity index (χ4n) is 4.27. The second kappa shape index (κ2) is 14.4. The molecular formula is C30H34Cl3N3O4S. The van der Waals surface area contributed by atoms with Gasteiger partial charge in [0.15, 0.2) is 0 Å². The van der Waals surface area contributed by atoms with Crippen molar-refractivity contribution >= 4 is 62.3 Å². The van der Waals surface area contributed by atoms with E-state index in [1.54, 1.807) is 43.3 Å². The van der Waals surface area contributed by atoms with Gasteiger partial charge in [-0.2, -0.15) is 0 Å². The molecule has 0 saturated carbocycles. The van der Waals surface area contributed by atoms with E-state index in [0.717, 1.165) is 16.1 Å². The van der Waals surface area contributed by atoms with E-state index < -0.39 is 28.5 Å². The highest BCUT2D eigenvalue weighted by Crippen LogP contribution is 2.29. The Morgan fingerprint density at radius 2 is 1.61 bits per heavy atom. The lowest BCUT2D eigenvalue weighted by Gasteiger charge is -2.34. The summed E-state index contributed by atoms with van der Waals surface area (Å²) in [7, 11) is -3.92. The van der Waals surface area contributed by atoms with Gasteiger partial charge in [-0.15, -0.1) is 0 Å². The summed E-state index contributed by atoms with van der Waals surface area (Å²) in [6, 6.07) is 18.1. The number of anilines is 1. The van der Waals surface area contributed by atoms with Crippen LogP contribution in [-0.2, 0) is 32.6 Å². The third kappa shape index (κ3) is 9.10. The number of nitrogens with zero attached hydrogens (tertiary/aromatic N) is 2. The van der Waals surface area contributed by atoms with E-state index in [9.17, 15) is 18.0 Å². The maximum atomic E-state index is 14.2. The highest BCUT2D eigenvalue weighted by Gasteiger charge is 2.33. The first-order valence-electron chi connectivity index (χ1n) is 13.1. The Morgan fingerprint density at radius 1 is 0.927 bits per heavy atom.